The van der Waals surface area contributed by atoms with Crippen molar-refractivity contribution in [1.82, 2.24) is 0 Å². The Balaban J connectivity index is 3.33. The lowest BCUT2D eigenvalue weighted by molar-refractivity contribution is -0.484. The number of rotatable bonds is 8. The second kappa shape index (κ2) is 8.11. The number of para-hydroxylation sites is 1. The molecule has 0 bridgehead atoms. The molecule has 0 radical (unpaired) electrons. The van der Waals surface area contributed by atoms with E-state index in [1.165, 1.54) is 14.0 Å². The fourth-order valence-electron chi connectivity index (χ4n) is 2.36. The first-order valence-corrected chi connectivity index (χ1v) is 6.84. The Morgan fingerprint density at radius 3 is 2.45 bits per heavy atom. The van der Waals surface area contributed by atoms with Crippen LogP contribution in [0, 0.1) is 16.0 Å². The van der Waals surface area contributed by atoms with Gasteiger partial charge in [0.1, 0.15) is 17.5 Å². The van der Waals surface area contributed by atoms with Gasteiger partial charge in [-0.05, 0) is 19.9 Å². The largest absolute Gasteiger partial charge is 0.496 e. The summed E-state index contributed by atoms with van der Waals surface area (Å²) in [7, 11) is 1.43. The summed E-state index contributed by atoms with van der Waals surface area (Å²) in [6.45, 7) is 2.37. The molecule has 0 aromatic heterocycles. The summed E-state index contributed by atoms with van der Waals surface area (Å²) >= 11 is 0. The van der Waals surface area contributed by atoms with Crippen LogP contribution in [-0.4, -0.2) is 36.9 Å². The van der Waals surface area contributed by atoms with Crippen LogP contribution in [0.3, 0.4) is 0 Å². The zero-order chi connectivity index (χ0) is 16.7. The van der Waals surface area contributed by atoms with E-state index >= 15 is 0 Å². The predicted octanol–water partition coefficient (Wildman–Crippen LogP) is 1.82. The van der Waals surface area contributed by atoms with Crippen LogP contribution in [0.15, 0.2) is 24.3 Å². The van der Waals surface area contributed by atoms with Crippen LogP contribution < -0.4 is 4.74 Å². The summed E-state index contributed by atoms with van der Waals surface area (Å²) in [6.07, 6.45) is 0. The van der Waals surface area contributed by atoms with Crippen LogP contribution in [0.4, 0.5) is 0 Å². The standard InChI is InChI=1S/C15H19NO6/c1-4-22-15(18)14(10(2)17)12(9-16(19)20)11-7-5-6-8-13(11)21-3/h5-8,12,14H,4,9H2,1-3H3/t12-,14+/m1/s1. The van der Waals surface area contributed by atoms with Crippen LogP contribution in [0.5, 0.6) is 5.75 Å². The Morgan fingerprint density at radius 1 is 1.32 bits per heavy atom. The molecular weight excluding hydrogens is 290 g/mol. The van der Waals surface area contributed by atoms with Gasteiger partial charge in [-0.2, -0.15) is 0 Å². The van der Waals surface area contributed by atoms with Crippen molar-refractivity contribution in [3.63, 3.8) is 0 Å². The van der Waals surface area contributed by atoms with Gasteiger partial charge in [0.2, 0.25) is 6.54 Å². The Hall–Kier alpha value is -2.44. The molecule has 0 fully saturated rings. The molecule has 0 unspecified atom stereocenters. The molecule has 0 amide bonds. The number of esters is 1. The van der Waals surface area contributed by atoms with E-state index < -0.39 is 35.1 Å². The summed E-state index contributed by atoms with van der Waals surface area (Å²) in [6, 6.07) is 6.62. The van der Waals surface area contributed by atoms with Gasteiger partial charge in [0.05, 0.1) is 19.6 Å². The van der Waals surface area contributed by atoms with E-state index in [1.54, 1.807) is 31.2 Å². The number of ether oxygens (including phenoxy) is 2. The first kappa shape index (κ1) is 17.6. The number of benzene rings is 1. The van der Waals surface area contributed by atoms with E-state index in [2.05, 4.69) is 0 Å². The zero-order valence-electron chi connectivity index (χ0n) is 12.8. The lowest BCUT2D eigenvalue weighted by Gasteiger charge is -2.22. The number of nitrogens with zero attached hydrogens (tertiary/aromatic N) is 1. The van der Waals surface area contributed by atoms with Gasteiger partial charge in [-0.25, -0.2) is 0 Å². The van der Waals surface area contributed by atoms with Crippen molar-refractivity contribution in [2.45, 2.75) is 19.8 Å². The molecular formula is C15H19NO6. The SMILES string of the molecule is CCOC(=O)[C@@H](C(C)=O)[C@H](C[N+](=O)[O-])c1ccccc1OC. The summed E-state index contributed by atoms with van der Waals surface area (Å²) in [4.78, 5) is 34.4. The van der Waals surface area contributed by atoms with E-state index in [4.69, 9.17) is 9.47 Å². The molecule has 0 aliphatic heterocycles. The molecule has 0 saturated heterocycles. The summed E-state index contributed by atoms with van der Waals surface area (Å²) in [5.41, 5.74) is 0.440. The number of hydrogen-bond donors (Lipinski definition) is 0. The minimum Gasteiger partial charge on any atom is -0.496 e. The minimum atomic E-state index is -1.23. The number of methoxy groups -OCH3 is 1. The average molecular weight is 309 g/mol. The van der Waals surface area contributed by atoms with Crippen LogP contribution >= 0.6 is 0 Å². The number of carbonyl (C=O) groups excluding carboxylic acids is 2. The fourth-order valence-corrected chi connectivity index (χ4v) is 2.36. The third kappa shape index (κ3) is 4.28. The van der Waals surface area contributed by atoms with Crippen LogP contribution in [0.2, 0.25) is 0 Å². The molecule has 2 atom stereocenters. The Morgan fingerprint density at radius 2 is 1.95 bits per heavy atom. The molecule has 0 N–H and O–H groups in total. The van der Waals surface area contributed by atoms with Crippen molar-refractivity contribution in [3.05, 3.63) is 39.9 Å². The van der Waals surface area contributed by atoms with Crippen molar-refractivity contribution < 1.29 is 24.0 Å². The average Bonchev–Trinajstić information content (AvgIpc) is 2.46. The predicted molar refractivity (Wildman–Crippen MR) is 78.4 cm³/mol. The zero-order valence-corrected chi connectivity index (χ0v) is 12.8. The van der Waals surface area contributed by atoms with Crippen molar-refractivity contribution in [3.8, 4) is 5.75 Å². The Bertz CT molecular complexity index is 557. The summed E-state index contributed by atoms with van der Waals surface area (Å²) in [5.74, 6) is -3.02. The molecule has 0 heterocycles. The van der Waals surface area contributed by atoms with Gasteiger partial charge in [0.15, 0.2) is 0 Å². The molecule has 0 spiro atoms. The lowest BCUT2D eigenvalue weighted by atomic mass is 9.83. The monoisotopic (exact) mass is 309 g/mol. The minimum absolute atomic E-state index is 0.0969. The molecule has 120 valence electrons. The maximum atomic E-state index is 12.1. The van der Waals surface area contributed by atoms with E-state index in [9.17, 15) is 19.7 Å². The molecule has 0 aliphatic carbocycles. The third-order valence-electron chi connectivity index (χ3n) is 3.27. The quantitative estimate of drug-likeness (QED) is 0.314. The van der Waals surface area contributed by atoms with Gasteiger partial charge < -0.3 is 9.47 Å². The highest BCUT2D eigenvalue weighted by atomic mass is 16.6. The smallest absolute Gasteiger partial charge is 0.317 e. The first-order valence-electron chi connectivity index (χ1n) is 6.84. The maximum Gasteiger partial charge on any atom is 0.317 e. The number of Topliss-reactive ketones (excluding diaryl/α,β-unsaturated/α-hetero) is 1. The number of nitro groups is 1. The molecule has 1 aromatic carbocycles. The van der Waals surface area contributed by atoms with Crippen molar-refractivity contribution >= 4 is 11.8 Å². The van der Waals surface area contributed by atoms with Crippen LogP contribution in [-0.2, 0) is 14.3 Å². The molecule has 7 nitrogen and oxygen atoms in total. The third-order valence-corrected chi connectivity index (χ3v) is 3.27. The van der Waals surface area contributed by atoms with Gasteiger partial charge in [0.25, 0.3) is 0 Å². The topological polar surface area (TPSA) is 95.7 Å². The van der Waals surface area contributed by atoms with Gasteiger partial charge in [-0.15, -0.1) is 0 Å². The number of carbonyl (C=O) groups is 2. The molecule has 0 saturated carbocycles. The van der Waals surface area contributed by atoms with E-state index in [1.807, 2.05) is 0 Å². The van der Waals surface area contributed by atoms with E-state index in [0.717, 1.165) is 0 Å². The Labute approximate surface area is 128 Å². The highest BCUT2D eigenvalue weighted by molar-refractivity contribution is 5.99. The molecule has 7 heteroatoms. The van der Waals surface area contributed by atoms with Gasteiger partial charge in [0, 0.05) is 10.5 Å². The van der Waals surface area contributed by atoms with Gasteiger partial charge in [-0.3, -0.25) is 19.7 Å². The first-order chi connectivity index (χ1) is 10.4. The number of ketones is 1. The summed E-state index contributed by atoms with van der Waals surface area (Å²) in [5, 5.41) is 11.0. The molecule has 1 aromatic rings. The Kier molecular flexibility index (Phi) is 6.49. The van der Waals surface area contributed by atoms with Crippen molar-refractivity contribution in [2.24, 2.45) is 5.92 Å². The normalized spacial score (nSPS) is 13.0. The van der Waals surface area contributed by atoms with E-state index in [-0.39, 0.29) is 6.61 Å². The fraction of sp³-hybridized carbons (Fsp3) is 0.467. The van der Waals surface area contributed by atoms with Crippen LogP contribution in [0.1, 0.15) is 25.3 Å². The van der Waals surface area contributed by atoms with Gasteiger partial charge >= 0.3 is 5.97 Å². The highest BCUT2D eigenvalue weighted by Gasteiger charge is 2.39. The maximum absolute atomic E-state index is 12.1. The molecule has 0 aliphatic rings. The van der Waals surface area contributed by atoms with Crippen molar-refractivity contribution in [2.75, 3.05) is 20.3 Å². The second-order valence-corrected chi connectivity index (χ2v) is 4.70. The molecule has 1 rings (SSSR count). The number of hydrogen-bond acceptors (Lipinski definition) is 6. The van der Waals surface area contributed by atoms with E-state index in [0.29, 0.717) is 11.3 Å². The molecule has 22 heavy (non-hydrogen) atoms. The summed E-state index contributed by atoms with van der Waals surface area (Å²) < 4.78 is 10.1. The highest BCUT2D eigenvalue weighted by Crippen LogP contribution is 2.33. The van der Waals surface area contributed by atoms with Crippen molar-refractivity contribution in [1.29, 1.82) is 0 Å². The van der Waals surface area contributed by atoms with Crippen LogP contribution in [0.25, 0.3) is 0 Å². The lowest BCUT2D eigenvalue weighted by Crippen LogP contribution is -2.34. The second-order valence-electron chi connectivity index (χ2n) is 4.70. The van der Waals surface area contributed by atoms with Gasteiger partial charge in [-0.1, -0.05) is 18.2 Å².